The molecule has 1 aliphatic rings. The summed E-state index contributed by atoms with van der Waals surface area (Å²) in [6.07, 6.45) is 4.36. The molecule has 1 amide bonds. The molecule has 3 atom stereocenters. The Morgan fingerprint density at radius 3 is 2.92 bits per heavy atom. The van der Waals surface area contributed by atoms with Crippen molar-refractivity contribution >= 4 is 23.2 Å². The van der Waals surface area contributed by atoms with Gasteiger partial charge in [0.15, 0.2) is 0 Å². The van der Waals surface area contributed by atoms with E-state index in [9.17, 15) is 9.18 Å². The lowest BCUT2D eigenvalue weighted by Crippen LogP contribution is -2.40. The Kier molecular flexibility index (Phi) is 6.35. The van der Waals surface area contributed by atoms with Gasteiger partial charge < -0.3 is 10.6 Å². The lowest BCUT2D eigenvalue weighted by atomic mass is 9.90. The molecule has 2 rings (SSSR count). The van der Waals surface area contributed by atoms with Crippen LogP contribution in [0.3, 0.4) is 0 Å². The zero-order valence-corrected chi connectivity index (χ0v) is 14.6. The molecule has 1 aromatic rings. The summed E-state index contributed by atoms with van der Waals surface area (Å²) in [5.74, 6) is -1.07. The van der Waals surface area contributed by atoms with Gasteiger partial charge in [0.05, 0.1) is 6.04 Å². The lowest BCUT2D eigenvalue weighted by Gasteiger charge is -2.20. The van der Waals surface area contributed by atoms with E-state index < -0.39 is 12.0 Å². The third-order valence-corrected chi connectivity index (χ3v) is 4.18. The summed E-state index contributed by atoms with van der Waals surface area (Å²) >= 11 is 5.62. The van der Waals surface area contributed by atoms with Crippen LogP contribution in [-0.2, 0) is 4.79 Å². The average Bonchev–Trinajstić information content (AvgIpc) is 2.88. The number of rotatable bonds is 5. The predicted octanol–water partition coefficient (Wildman–Crippen LogP) is 4.32. The predicted molar refractivity (Wildman–Crippen MR) is 97.6 cm³/mol. The fourth-order valence-corrected chi connectivity index (χ4v) is 2.95. The number of carbonyl (C=O) groups excluding carboxylic acids is 1. The van der Waals surface area contributed by atoms with E-state index in [0.717, 1.165) is 5.56 Å². The Hall–Kier alpha value is -1.91. The second-order valence-electron chi connectivity index (χ2n) is 6.11. The van der Waals surface area contributed by atoms with Gasteiger partial charge in [-0.1, -0.05) is 43.3 Å². The molecule has 0 bridgehead atoms. The van der Waals surface area contributed by atoms with Crippen LogP contribution in [0.5, 0.6) is 0 Å². The Morgan fingerprint density at radius 2 is 2.25 bits per heavy atom. The number of hydrogen-bond acceptors (Lipinski definition) is 2. The van der Waals surface area contributed by atoms with Crippen LogP contribution in [0, 0.1) is 18.8 Å². The van der Waals surface area contributed by atoms with E-state index in [0.29, 0.717) is 17.3 Å². The van der Waals surface area contributed by atoms with Gasteiger partial charge in [-0.05, 0) is 49.2 Å². The van der Waals surface area contributed by atoms with Crippen molar-refractivity contribution in [3.63, 3.8) is 0 Å². The first-order valence-electron chi connectivity index (χ1n) is 7.87. The largest absolute Gasteiger partial charge is 0.325 e. The number of allylic oxidation sites excluding steroid dienone is 4. The van der Waals surface area contributed by atoms with Crippen molar-refractivity contribution in [1.82, 2.24) is 5.32 Å². The summed E-state index contributed by atoms with van der Waals surface area (Å²) in [7, 11) is 0. The van der Waals surface area contributed by atoms with Gasteiger partial charge in [-0.3, -0.25) is 4.79 Å². The molecule has 3 nitrogen and oxygen atoms in total. The summed E-state index contributed by atoms with van der Waals surface area (Å²) in [5.41, 5.74) is 1.76. The fraction of sp³-hybridized carbons (Fsp3) is 0.316. The number of amides is 1. The van der Waals surface area contributed by atoms with Crippen molar-refractivity contribution in [2.75, 3.05) is 11.9 Å². The number of anilines is 1. The Balaban J connectivity index is 2.12. The van der Waals surface area contributed by atoms with Gasteiger partial charge in [0, 0.05) is 16.6 Å². The van der Waals surface area contributed by atoms with Crippen molar-refractivity contribution in [3.8, 4) is 0 Å². The minimum absolute atomic E-state index is 0.0158. The van der Waals surface area contributed by atoms with Crippen molar-refractivity contribution in [2.45, 2.75) is 19.9 Å². The van der Waals surface area contributed by atoms with Crippen LogP contribution in [-0.4, -0.2) is 18.5 Å². The van der Waals surface area contributed by atoms with Crippen molar-refractivity contribution in [2.24, 2.45) is 11.8 Å². The molecule has 5 heteroatoms. The SMILES string of the molecule is C=C(Cl)/C=C\C=C(/F)C1C(C)CNC1C(=O)Nc1cccc(C)c1. The van der Waals surface area contributed by atoms with E-state index in [4.69, 9.17) is 11.6 Å². The molecule has 24 heavy (non-hydrogen) atoms. The second-order valence-corrected chi connectivity index (χ2v) is 6.59. The van der Waals surface area contributed by atoms with Crippen LogP contribution < -0.4 is 10.6 Å². The zero-order chi connectivity index (χ0) is 17.7. The van der Waals surface area contributed by atoms with Gasteiger partial charge in [0.25, 0.3) is 0 Å². The van der Waals surface area contributed by atoms with E-state index in [1.165, 1.54) is 18.2 Å². The molecule has 2 N–H and O–H groups in total. The van der Waals surface area contributed by atoms with Crippen LogP contribution in [0.15, 0.2) is 59.9 Å². The molecular weight excluding hydrogens is 327 g/mol. The third-order valence-electron chi connectivity index (χ3n) is 4.05. The standard InChI is InChI=1S/C19H22ClFN2O/c1-12-6-4-8-15(10-12)23-19(24)18-17(13(2)11-22-18)16(21)9-5-7-14(3)20/h4-10,13,17-18,22H,3,11H2,1-2H3,(H,23,24)/b7-5-,16-9-. The lowest BCUT2D eigenvalue weighted by molar-refractivity contribution is -0.118. The van der Waals surface area contributed by atoms with Gasteiger partial charge in [-0.2, -0.15) is 0 Å². The molecule has 0 radical (unpaired) electrons. The first-order valence-corrected chi connectivity index (χ1v) is 8.25. The molecule has 1 saturated heterocycles. The highest BCUT2D eigenvalue weighted by Gasteiger charge is 2.40. The van der Waals surface area contributed by atoms with E-state index in [2.05, 4.69) is 17.2 Å². The first kappa shape index (κ1) is 18.4. The van der Waals surface area contributed by atoms with Gasteiger partial charge in [-0.15, -0.1) is 0 Å². The highest BCUT2D eigenvalue weighted by Crippen LogP contribution is 2.31. The number of aryl methyl sites for hydroxylation is 1. The van der Waals surface area contributed by atoms with Gasteiger partial charge in [-0.25, -0.2) is 4.39 Å². The first-order chi connectivity index (χ1) is 11.4. The minimum Gasteiger partial charge on any atom is -0.325 e. The summed E-state index contributed by atoms with van der Waals surface area (Å²) in [6, 6.07) is 6.92. The van der Waals surface area contributed by atoms with Gasteiger partial charge >= 0.3 is 0 Å². The van der Waals surface area contributed by atoms with Crippen LogP contribution in [0.4, 0.5) is 10.1 Å². The summed E-state index contributed by atoms with van der Waals surface area (Å²) in [5, 5.41) is 6.29. The van der Waals surface area contributed by atoms with Crippen molar-refractivity contribution in [3.05, 3.63) is 65.5 Å². The summed E-state index contributed by atoms with van der Waals surface area (Å²) in [4.78, 5) is 12.5. The number of nitrogens with one attached hydrogen (secondary N) is 2. The molecule has 128 valence electrons. The Bertz CT molecular complexity index is 684. The van der Waals surface area contributed by atoms with Gasteiger partial charge in [0.2, 0.25) is 5.91 Å². The Morgan fingerprint density at radius 1 is 1.50 bits per heavy atom. The number of hydrogen-bond donors (Lipinski definition) is 2. The topological polar surface area (TPSA) is 41.1 Å². The van der Waals surface area contributed by atoms with E-state index in [-0.39, 0.29) is 17.7 Å². The maximum Gasteiger partial charge on any atom is 0.242 e. The second kappa shape index (κ2) is 8.27. The minimum atomic E-state index is -0.607. The number of halogens is 2. The molecule has 0 spiro atoms. The smallest absolute Gasteiger partial charge is 0.242 e. The maximum absolute atomic E-state index is 14.5. The normalized spacial score (nSPS) is 24.3. The molecule has 1 aliphatic heterocycles. The maximum atomic E-state index is 14.5. The van der Waals surface area contributed by atoms with Crippen molar-refractivity contribution in [1.29, 1.82) is 0 Å². The number of benzene rings is 1. The monoisotopic (exact) mass is 348 g/mol. The van der Waals surface area contributed by atoms with Crippen molar-refractivity contribution < 1.29 is 9.18 Å². The molecule has 3 unspecified atom stereocenters. The molecular formula is C19H22ClFN2O. The van der Waals surface area contributed by atoms with E-state index in [1.807, 2.05) is 38.1 Å². The molecule has 0 saturated carbocycles. The summed E-state index contributed by atoms with van der Waals surface area (Å²) < 4.78 is 14.5. The molecule has 1 fully saturated rings. The van der Waals surface area contributed by atoms with Crippen LogP contribution >= 0.6 is 11.6 Å². The molecule has 1 heterocycles. The number of carbonyl (C=O) groups is 1. The average molecular weight is 349 g/mol. The molecule has 0 aliphatic carbocycles. The van der Waals surface area contributed by atoms with Crippen LogP contribution in [0.1, 0.15) is 12.5 Å². The highest BCUT2D eigenvalue weighted by atomic mass is 35.5. The van der Waals surface area contributed by atoms with Crippen LogP contribution in [0.25, 0.3) is 0 Å². The summed E-state index contributed by atoms with van der Waals surface area (Å²) in [6.45, 7) is 7.98. The molecule has 0 aromatic heterocycles. The van der Waals surface area contributed by atoms with E-state index in [1.54, 1.807) is 0 Å². The molecule has 1 aromatic carbocycles. The quantitative estimate of drug-likeness (QED) is 0.778. The van der Waals surface area contributed by atoms with Gasteiger partial charge in [0.1, 0.15) is 5.83 Å². The van der Waals surface area contributed by atoms with Crippen LogP contribution in [0.2, 0.25) is 0 Å². The third kappa shape index (κ3) is 4.79. The highest BCUT2D eigenvalue weighted by molar-refractivity contribution is 6.30. The van der Waals surface area contributed by atoms with E-state index >= 15 is 0 Å². The fourth-order valence-electron chi connectivity index (χ4n) is 2.88. The Labute approximate surface area is 147 Å². The zero-order valence-electron chi connectivity index (χ0n) is 13.9.